The van der Waals surface area contributed by atoms with Crippen LogP contribution in [0.3, 0.4) is 0 Å². The first-order valence-electron chi connectivity index (χ1n) is 7.64. The summed E-state index contributed by atoms with van der Waals surface area (Å²) in [6.45, 7) is -0.248. The van der Waals surface area contributed by atoms with Crippen molar-refractivity contribution >= 4 is 11.6 Å². The van der Waals surface area contributed by atoms with Gasteiger partial charge in [-0.2, -0.15) is 5.26 Å². The number of hydrogen-bond donors (Lipinski definition) is 2. The number of halogens is 3. The van der Waals surface area contributed by atoms with Crippen molar-refractivity contribution < 1.29 is 22.7 Å². The van der Waals surface area contributed by atoms with Crippen LogP contribution in [0.5, 0.6) is 5.75 Å². The van der Waals surface area contributed by atoms with Gasteiger partial charge in [-0.25, -0.2) is 0 Å². The van der Waals surface area contributed by atoms with Crippen molar-refractivity contribution in [2.24, 2.45) is 0 Å². The van der Waals surface area contributed by atoms with Crippen LogP contribution in [-0.2, 0) is 4.79 Å². The zero-order chi connectivity index (χ0) is 17.6. The molecule has 0 unspecified atom stereocenters. The van der Waals surface area contributed by atoms with Gasteiger partial charge in [0.05, 0.1) is 18.3 Å². The van der Waals surface area contributed by atoms with Gasteiger partial charge in [0, 0.05) is 0 Å². The molecule has 0 aromatic heterocycles. The number of para-hydroxylation sites is 2. The lowest BCUT2D eigenvalue weighted by atomic mass is 9.83. The minimum absolute atomic E-state index is 0.0552. The van der Waals surface area contributed by atoms with Crippen LogP contribution in [-0.4, -0.2) is 24.4 Å². The zero-order valence-corrected chi connectivity index (χ0v) is 12.9. The van der Waals surface area contributed by atoms with Gasteiger partial charge in [-0.15, -0.1) is 13.2 Å². The molecule has 1 aliphatic rings. The van der Waals surface area contributed by atoms with E-state index in [1.807, 2.05) is 0 Å². The number of ether oxygens (including phenoxy) is 1. The van der Waals surface area contributed by atoms with Crippen molar-refractivity contribution in [2.75, 3.05) is 11.9 Å². The number of alkyl halides is 3. The second-order valence-corrected chi connectivity index (χ2v) is 5.70. The number of carbonyl (C=O) groups is 1. The molecule has 1 saturated carbocycles. The largest absolute Gasteiger partial charge is 0.573 e. The van der Waals surface area contributed by atoms with Crippen molar-refractivity contribution in [2.45, 2.75) is 44.0 Å². The summed E-state index contributed by atoms with van der Waals surface area (Å²) in [5, 5.41) is 14.6. The van der Waals surface area contributed by atoms with Gasteiger partial charge in [0.1, 0.15) is 5.54 Å². The third kappa shape index (κ3) is 5.05. The highest BCUT2D eigenvalue weighted by atomic mass is 19.4. The summed E-state index contributed by atoms with van der Waals surface area (Å²) in [7, 11) is 0. The first-order chi connectivity index (χ1) is 11.3. The fourth-order valence-corrected chi connectivity index (χ4v) is 2.73. The van der Waals surface area contributed by atoms with Crippen LogP contribution in [0.15, 0.2) is 24.3 Å². The highest BCUT2D eigenvalue weighted by Crippen LogP contribution is 2.30. The molecule has 2 N–H and O–H groups in total. The Morgan fingerprint density at radius 2 is 1.92 bits per heavy atom. The molecule has 0 saturated heterocycles. The average molecular weight is 341 g/mol. The lowest BCUT2D eigenvalue weighted by molar-refractivity contribution is -0.274. The predicted octanol–water partition coefficient (Wildman–Crippen LogP) is 3.34. The summed E-state index contributed by atoms with van der Waals surface area (Å²) >= 11 is 0. The van der Waals surface area contributed by atoms with E-state index < -0.39 is 23.6 Å². The lowest BCUT2D eigenvalue weighted by Gasteiger charge is -2.31. The van der Waals surface area contributed by atoms with Crippen molar-refractivity contribution in [3.8, 4) is 11.8 Å². The first-order valence-corrected chi connectivity index (χ1v) is 7.64. The Hall–Kier alpha value is -2.43. The number of rotatable bonds is 5. The van der Waals surface area contributed by atoms with E-state index in [1.54, 1.807) is 0 Å². The SMILES string of the molecule is N#CC1(NC(=O)CNc2ccccc2OC(F)(F)F)CCCCC1. The van der Waals surface area contributed by atoms with Crippen LogP contribution in [0.25, 0.3) is 0 Å². The van der Waals surface area contributed by atoms with E-state index in [-0.39, 0.29) is 12.2 Å². The maximum atomic E-state index is 12.4. The molecule has 1 aromatic rings. The number of anilines is 1. The standard InChI is InChI=1S/C16H18F3N3O2/c17-16(18,19)24-13-7-3-2-6-12(13)21-10-14(23)22-15(11-20)8-4-1-5-9-15/h2-3,6-7,21H,1,4-5,8-10H2,(H,22,23). The summed E-state index contributed by atoms with van der Waals surface area (Å²) in [6.07, 6.45) is -0.883. The molecule has 0 bridgehead atoms. The molecule has 0 radical (unpaired) electrons. The van der Waals surface area contributed by atoms with Gasteiger partial charge < -0.3 is 15.4 Å². The summed E-state index contributed by atoms with van der Waals surface area (Å²) in [5.41, 5.74) is -0.821. The molecule has 5 nitrogen and oxygen atoms in total. The predicted molar refractivity (Wildman–Crippen MR) is 81.2 cm³/mol. The number of carbonyl (C=O) groups excluding carboxylic acids is 1. The zero-order valence-electron chi connectivity index (χ0n) is 12.9. The lowest BCUT2D eigenvalue weighted by Crippen LogP contribution is -2.50. The Kier molecular flexibility index (Phi) is 5.54. The smallest absolute Gasteiger partial charge is 0.404 e. The van der Waals surface area contributed by atoms with Crippen LogP contribution in [0.4, 0.5) is 18.9 Å². The Morgan fingerprint density at radius 3 is 2.54 bits per heavy atom. The average Bonchev–Trinajstić information content (AvgIpc) is 2.53. The molecular formula is C16H18F3N3O2. The van der Waals surface area contributed by atoms with Gasteiger partial charge in [0.2, 0.25) is 5.91 Å². The molecule has 2 rings (SSSR count). The Balaban J connectivity index is 1.96. The molecule has 8 heteroatoms. The number of nitrogens with zero attached hydrogens (tertiary/aromatic N) is 1. The van der Waals surface area contributed by atoms with Gasteiger partial charge >= 0.3 is 6.36 Å². The van der Waals surface area contributed by atoms with Crippen molar-refractivity contribution in [1.29, 1.82) is 5.26 Å². The summed E-state index contributed by atoms with van der Waals surface area (Å²) < 4.78 is 41.0. The van der Waals surface area contributed by atoms with E-state index in [0.29, 0.717) is 12.8 Å². The van der Waals surface area contributed by atoms with Crippen LogP contribution in [0.1, 0.15) is 32.1 Å². The van der Waals surface area contributed by atoms with Crippen LogP contribution >= 0.6 is 0 Å². The number of nitriles is 1. The number of amides is 1. The molecule has 0 spiro atoms. The minimum atomic E-state index is -4.81. The molecule has 1 aliphatic carbocycles. The van der Waals surface area contributed by atoms with Gasteiger partial charge in [0.15, 0.2) is 5.75 Å². The third-order valence-corrected chi connectivity index (χ3v) is 3.85. The van der Waals surface area contributed by atoms with E-state index in [2.05, 4.69) is 21.4 Å². The normalized spacial score (nSPS) is 16.8. The Labute approximate surface area is 137 Å². The molecule has 0 atom stereocenters. The van der Waals surface area contributed by atoms with E-state index in [4.69, 9.17) is 0 Å². The number of benzene rings is 1. The molecule has 24 heavy (non-hydrogen) atoms. The second kappa shape index (κ2) is 7.43. The first kappa shape index (κ1) is 17.9. The van der Waals surface area contributed by atoms with Gasteiger partial charge in [0.25, 0.3) is 0 Å². The fraction of sp³-hybridized carbons (Fsp3) is 0.500. The Morgan fingerprint density at radius 1 is 1.25 bits per heavy atom. The summed E-state index contributed by atoms with van der Waals surface area (Å²) in [5.74, 6) is -0.856. The van der Waals surface area contributed by atoms with Gasteiger partial charge in [-0.3, -0.25) is 4.79 Å². The second-order valence-electron chi connectivity index (χ2n) is 5.70. The summed E-state index contributed by atoms with van der Waals surface area (Å²) in [6, 6.07) is 7.63. The fourth-order valence-electron chi connectivity index (χ4n) is 2.73. The topological polar surface area (TPSA) is 74.2 Å². The molecule has 1 aromatic carbocycles. The molecule has 0 aliphatic heterocycles. The summed E-state index contributed by atoms with van der Waals surface area (Å²) in [4.78, 5) is 12.1. The quantitative estimate of drug-likeness (QED) is 0.861. The van der Waals surface area contributed by atoms with Crippen LogP contribution in [0, 0.1) is 11.3 Å². The van der Waals surface area contributed by atoms with E-state index in [1.165, 1.54) is 18.2 Å². The monoisotopic (exact) mass is 341 g/mol. The van der Waals surface area contributed by atoms with Crippen molar-refractivity contribution in [1.82, 2.24) is 5.32 Å². The van der Waals surface area contributed by atoms with Crippen LogP contribution < -0.4 is 15.4 Å². The van der Waals surface area contributed by atoms with Gasteiger partial charge in [-0.1, -0.05) is 31.4 Å². The van der Waals surface area contributed by atoms with E-state index in [9.17, 15) is 23.2 Å². The molecule has 0 heterocycles. The van der Waals surface area contributed by atoms with Crippen molar-refractivity contribution in [3.63, 3.8) is 0 Å². The third-order valence-electron chi connectivity index (χ3n) is 3.85. The Bertz CT molecular complexity index is 620. The van der Waals surface area contributed by atoms with Gasteiger partial charge in [-0.05, 0) is 25.0 Å². The highest BCUT2D eigenvalue weighted by Gasteiger charge is 2.34. The highest BCUT2D eigenvalue weighted by molar-refractivity contribution is 5.82. The van der Waals surface area contributed by atoms with Crippen LogP contribution in [0.2, 0.25) is 0 Å². The number of hydrogen-bond acceptors (Lipinski definition) is 4. The molecule has 130 valence electrons. The number of nitrogens with one attached hydrogen (secondary N) is 2. The van der Waals surface area contributed by atoms with Crippen molar-refractivity contribution in [3.05, 3.63) is 24.3 Å². The minimum Gasteiger partial charge on any atom is -0.404 e. The maximum absolute atomic E-state index is 12.4. The van der Waals surface area contributed by atoms with E-state index in [0.717, 1.165) is 25.3 Å². The maximum Gasteiger partial charge on any atom is 0.573 e. The van der Waals surface area contributed by atoms with E-state index >= 15 is 0 Å². The molecule has 1 fully saturated rings. The molecular weight excluding hydrogens is 323 g/mol. The molecule has 1 amide bonds.